The number of phenols is 1. The molecule has 4 rings (SSSR count). The predicted octanol–water partition coefficient (Wildman–Crippen LogP) is 4.16. The van der Waals surface area contributed by atoms with Crippen LogP contribution >= 0.6 is 0 Å². The number of ether oxygens (including phenoxy) is 1. The minimum absolute atomic E-state index is 0.0581. The van der Waals surface area contributed by atoms with Crippen LogP contribution in [0.3, 0.4) is 0 Å². The third-order valence-electron chi connectivity index (χ3n) is 7.52. The van der Waals surface area contributed by atoms with Gasteiger partial charge >= 0.3 is 0 Å². The van der Waals surface area contributed by atoms with Crippen LogP contribution < -0.4 is 10.1 Å². The molecule has 0 bridgehead atoms. The van der Waals surface area contributed by atoms with E-state index in [1.807, 2.05) is 18.7 Å². The predicted molar refractivity (Wildman–Crippen MR) is 140 cm³/mol. The van der Waals surface area contributed by atoms with Gasteiger partial charge in [0, 0.05) is 37.8 Å². The summed E-state index contributed by atoms with van der Waals surface area (Å²) in [5.74, 6) is 0.383. The highest BCUT2D eigenvalue weighted by Crippen LogP contribution is 2.35. The van der Waals surface area contributed by atoms with E-state index in [9.17, 15) is 14.7 Å². The van der Waals surface area contributed by atoms with Gasteiger partial charge in [-0.05, 0) is 66.6 Å². The minimum Gasteiger partial charge on any atom is -0.507 e. The number of piperidine rings is 1. The topological polar surface area (TPSA) is 82.1 Å². The summed E-state index contributed by atoms with van der Waals surface area (Å²) in [5.41, 5.74) is 4.79. The number of aromatic hydroxyl groups is 1. The SMILES string of the molecule is C=CC(=O)NC1CCN(C)C(c2ccc3c(c2)CN(C(=O)c2cc(C(C)C)c(OC)cc2O)CC3)C1. The van der Waals surface area contributed by atoms with E-state index in [2.05, 4.69) is 42.0 Å². The monoisotopic (exact) mass is 491 g/mol. The molecule has 2 aliphatic heterocycles. The zero-order valence-corrected chi connectivity index (χ0v) is 21.7. The van der Waals surface area contributed by atoms with Crippen molar-refractivity contribution in [3.8, 4) is 11.5 Å². The standard InChI is InChI=1S/C29H37N3O4/c1-6-28(34)30-22-10-11-31(4)25(14-22)20-8-7-19-9-12-32(17-21(19)13-20)29(35)24-15-23(18(2)3)27(36-5)16-26(24)33/h6-8,13,15-16,18,22,25,33H,1,9-12,14,17H2,2-5H3,(H,30,34). The summed E-state index contributed by atoms with van der Waals surface area (Å²) in [5, 5.41) is 13.7. The number of hydrogen-bond acceptors (Lipinski definition) is 5. The van der Waals surface area contributed by atoms with Gasteiger partial charge in [-0.1, -0.05) is 38.6 Å². The van der Waals surface area contributed by atoms with Gasteiger partial charge in [0.25, 0.3) is 5.91 Å². The largest absolute Gasteiger partial charge is 0.507 e. The van der Waals surface area contributed by atoms with E-state index in [1.54, 1.807) is 19.2 Å². The summed E-state index contributed by atoms with van der Waals surface area (Å²) in [6.07, 6.45) is 3.83. The van der Waals surface area contributed by atoms with E-state index in [-0.39, 0.29) is 35.6 Å². The second-order valence-corrected chi connectivity index (χ2v) is 10.2. The molecule has 1 fully saturated rings. The molecule has 0 aromatic heterocycles. The zero-order chi connectivity index (χ0) is 26.0. The smallest absolute Gasteiger partial charge is 0.257 e. The number of hydrogen-bond donors (Lipinski definition) is 2. The van der Waals surface area contributed by atoms with Crippen molar-refractivity contribution in [3.63, 3.8) is 0 Å². The number of rotatable bonds is 6. The zero-order valence-electron chi connectivity index (χ0n) is 21.7. The van der Waals surface area contributed by atoms with Gasteiger partial charge in [0.2, 0.25) is 5.91 Å². The minimum atomic E-state index is -0.171. The van der Waals surface area contributed by atoms with Crippen LogP contribution in [-0.2, 0) is 17.8 Å². The first-order chi connectivity index (χ1) is 17.2. The summed E-state index contributed by atoms with van der Waals surface area (Å²) < 4.78 is 5.41. The Hall–Kier alpha value is -3.32. The van der Waals surface area contributed by atoms with Gasteiger partial charge in [-0.2, -0.15) is 0 Å². The molecule has 192 valence electrons. The number of benzene rings is 2. The summed E-state index contributed by atoms with van der Waals surface area (Å²) >= 11 is 0. The highest BCUT2D eigenvalue weighted by molar-refractivity contribution is 5.97. The molecule has 2 unspecified atom stereocenters. The van der Waals surface area contributed by atoms with E-state index >= 15 is 0 Å². The summed E-state index contributed by atoms with van der Waals surface area (Å²) in [4.78, 5) is 29.5. The summed E-state index contributed by atoms with van der Waals surface area (Å²) in [7, 11) is 3.69. The molecular weight excluding hydrogens is 454 g/mol. The molecule has 2 aliphatic rings. The number of methoxy groups -OCH3 is 1. The highest BCUT2D eigenvalue weighted by Gasteiger charge is 2.30. The maximum atomic E-state index is 13.5. The van der Waals surface area contributed by atoms with Gasteiger partial charge in [0.15, 0.2) is 0 Å². The molecule has 1 saturated heterocycles. The molecule has 0 saturated carbocycles. The molecule has 2 atom stereocenters. The fourth-order valence-corrected chi connectivity index (χ4v) is 5.38. The molecule has 2 aromatic rings. The number of nitrogens with zero attached hydrogens (tertiary/aromatic N) is 2. The molecule has 0 radical (unpaired) electrons. The molecule has 7 heteroatoms. The third-order valence-corrected chi connectivity index (χ3v) is 7.52. The van der Waals surface area contributed by atoms with E-state index in [0.717, 1.165) is 36.9 Å². The van der Waals surface area contributed by atoms with Crippen LogP contribution in [0.2, 0.25) is 0 Å². The fourth-order valence-electron chi connectivity index (χ4n) is 5.38. The molecule has 2 aromatic carbocycles. The second-order valence-electron chi connectivity index (χ2n) is 10.2. The molecule has 0 spiro atoms. The van der Waals surface area contributed by atoms with E-state index in [0.29, 0.717) is 24.4 Å². The van der Waals surface area contributed by atoms with Crippen molar-refractivity contribution >= 4 is 11.8 Å². The van der Waals surface area contributed by atoms with E-state index < -0.39 is 0 Å². The van der Waals surface area contributed by atoms with Gasteiger partial charge in [-0.3, -0.25) is 14.5 Å². The average molecular weight is 492 g/mol. The number of carbonyl (C=O) groups excluding carboxylic acids is 2. The van der Waals surface area contributed by atoms with Crippen LogP contribution in [0.15, 0.2) is 43.0 Å². The Kier molecular flexibility index (Phi) is 7.69. The number of amides is 2. The van der Waals surface area contributed by atoms with E-state index in [1.165, 1.54) is 17.2 Å². The van der Waals surface area contributed by atoms with Crippen molar-refractivity contribution in [2.24, 2.45) is 0 Å². The lowest BCUT2D eigenvalue weighted by atomic mass is 9.88. The lowest BCUT2D eigenvalue weighted by Crippen LogP contribution is -2.44. The number of nitrogens with one attached hydrogen (secondary N) is 1. The van der Waals surface area contributed by atoms with Crippen LogP contribution in [0.1, 0.15) is 71.3 Å². The van der Waals surface area contributed by atoms with Crippen molar-refractivity contribution < 1.29 is 19.4 Å². The Bertz CT molecular complexity index is 1160. The molecule has 2 N–H and O–H groups in total. The first-order valence-corrected chi connectivity index (χ1v) is 12.7. The molecule has 2 heterocycles. The number of likely N-dealkylation sites (tertiary alicyclic amines) is 1. The van der Waals surface area contributed by atoms with Crippen LogP contribution in [-0.4, -0.2) is 60.0 Å². The maximum Gasteiger partial charge on any atom is 0.257 e. The summed E-state index contributed by atoms with van der Waals surface area (Å²) in [6.45, 7) is 9.63. The number of carbonyl (C=O) groups is 2. The van der Waals surface area contributed by atoms with Crippen LogP contribution in [0.5, 0.6) is 11.5 Å². The molecule has 36 heavy (non-hydrogen) atoms. The Labute approximate surface area is 213 Å². The van der Waals surface area contributed by atoms with Crippen molar-refractivity contribution in [1.29, 1.82) is 0 Å². The van der Waals surface area contributed by atoms with Gasteiger partial charge in [0.1, 0.15) is 11.5 Å². The average Bonchev–Trinajstić information content (AvgIpc) is 2.88. The Morgan fingerprint density at radius 3 is 2.67 bits per heavy atom. The van der Waals surface area contributed by atoms with Crippen molar-refractivity contribution in [3.05, 3.63) is 70.8 Å². The highest BCUT2D eigenvalue weighted by atomic mass is 16.5. The lowest BCUT2D eigenvalue weighted by molar-refractivity contribution is -0.117. The van der Waals surface area contributed by atoms with Crippen LogP contribution in [0, 0.1) is 0 Å². The molecule has 2 amide bonds. The number of fused-ring (bicyclic) bond motifs is 1. The second kappa shape index (κ2) is 10.7. The van der Waals surface area contributed by atoms with E-state index in [4.69, 9.17) is 4.74 Å². The molecule has 0 aliphatic carbocycles. The first-order valence-electron chi connectivity index (χ1n) is 12.7. The fraction of sp³-hybridized carbons (Fsp3) is 0.448. The quantitative estimate of drug-likeness (QED) is 0.593. The lowest BCUT2D eigenvalue weighted by Gasteiger charge is -2.38. The van der Waals surface area contributed by atoms with Crippen LogP contribution in [0.4, 0.5) is 0 Å². The van der Waals surface area contributed by atoms with Crippen molar-refractivity contribution in [1.82, 2.24) is 15.1 Å². The molecular formula is C29H37N3O4. The Morgan fingerprint density at radius 1 is 1.19 bits per heavy atom. The summed E-state index contributed by atoms with van der Waals surface area (Å²) in [6, 6.07) is 10.2. The number of phenolic OH excluding ortho intramolecular Hbond substituents is 1. The Balaban J connectivity index is 1.55. The van der Waals surface area contributed by atoms with Crippen LogP contribution in [0.25, 0.3) is 0 Å². The maximum absolute atomic E-state index is 13.5. The molecule has 7 nitrogen and oxygen atoms in total. The third kappa shape index (κ3) is 5.26. The van der Waals surface area contributed by atoms with Gasteiger partial charge in [-0.15, -0.1) is 0 Å². The van der Waals surface area contributed by atoms with Crippen molar-refractivity contribution in [2.75, 3.05) is 27.2 Å². The Morgan fingerprint density at radius 2 is 1.97 bits per heavy atom. The van der Waals surface area contributed by atoms with Gasteiger partial charge in [0.05, 0.1) is 12.7 Å². The first kappa shape index (κ1) is 25.8. The van der Waals surface area contributed by atoms with Crippen molar-refractivity contribution in [2.45, 2.75) is 57.7 Å². The van der Waals surface area contributed by atoms with Gasteiger partial charge in [-0.25, -0.2) is 0 Å². The normalized spacial score (nSPS) is 20.1. The van der Waals surface area contributed by atoms with Gasteiger partial charge < -0.3 is 20.1 Å².